The maximum Gasteiger partial charge on any atom is 0.0443 e. The van der Waals surface area contributed by atoms with Crippen LogP contribution >= 0.6 is 0 Å². The van der Waals surface area contributed by atoms with Gasteiger partial charge in [-0.2, -0.15) is 0 Å². The Morgan fingerprint density at radius 1 is 1.36 bits per heavy atom. The van der Waals surface area contributed by atoms with Crippen molar-refractivity contribution in [2.75, 3.05) is 19.7 Å². The average molecular weight is 197 g/mol. The first-order valence-corrected chi connectivity index (χ1v) is 6.07. The first-order chi connectivity index (χ1) is 6.72. The fourth-order valence-electron chi connectivity index (χ4n) is 3.45. The molecule has 2 bridgehead atoms. The molecule has 1 aliphatic carbocycles. The van der Waals surface area contributed by atoms with E-state index in [2.05, 4.69) is 18.7 Å². The zero-order chi connectivity index (χ0) is 10.1. The van der Waals surface area contributed by atoms with Crippen LogP contribution in [0.4, 0.5) is 0 Å². The molecule has 2 fully saturated rings. The van der Waals surface area contributed by atoms with Crippen LogP contribution in [0.15, 0.2) is 0 Å². The molecule has 82 valence electrons. The smallest absolute Gasteiger partial charge is 0.0443 e. The van der Waals surface area contributed by atoms with Crippen LogP contribution in [-0.2, 0) is 0 Å². The quantitative estimate of drug-likeness (QED) is 0.742. The SMILES string of the molecule is CC(C)[C@@H]1C[C@@H]2C[C@H]1CN2CCCO. The Hall–Kier alpha value is -0.0800. The predicted octanol–water partition coefficient (Wildman–Crippen LogP) is 1.74. The molecule has 0 aromatic carbocycles. The number of aliphatic hydroxyl groups is 1. The molecule has 3 atom stereocenters. The molecular weight excluding hydrogens is 174 g/mol. The highest BCUT2D eigenvalue weighted by molar-refractivity contribution is 4.97. The van der Waals surface area contributed by atoms with Crippen molar-refractivity contribution in [2.24, 2.45) is 17.8 Å². The van der Waals surface area contributed by atoms with E-state index in [1.54, 1.807) is 0 Å². The summed E-state index contributed by atoms with van der Waals surface area (Å²) in [5.74, 6) is 2.80. The molecule has 1 heterocycles. The Balaban J connectivity index is 1.84. The summed E-state index contributed by atoms with van der Waals surface area (Å²) >= 11 is 0. The van der Waals surface area contributed by atoms with E-state index in [-0.39, 0.29) is 0 Å². The third-order valence-corrected chi connectivity index (χ3v) is 4.17. The molecule has 1 saturated heterocycles. The molecule has 14 heavy (non-hydrogen) atoms. The highest BCUT2D eigenvalue weighted by Crippen LogP contribution is 2.45. The van der Waals surface area contributed by atoms with Crippen molar-refractivity contribution in [2.45, 2.75) is 39.2 Å². The van der Waals surface area contributed by atoms with E-state index in [4.69, 9.17) is 5.11 Å². The highest BCUT2D eigenvalue weighted by Gasteiger charge is 2.44. The molecule has 1 aliphatic heterocycles. The fourth-order valence-corrected chi connectivity index (χ4v) is 3.45. The third kappa shape index (κ3) is 1.82. The molecule has 1 N–H and O–H groups in total. The number of likely N-dealkylation sites (tertiary alicyclic amines) is 1. The van der Waals surface area contributed by atoms with Gasteiger partial charge in [-0.05, 0) is 37.0 Å². The highest BCUT2D eigenvalue weighted by atomic mass is 16.3. The van der Waals surface area contributed by atoms with Crippen LogP contribution in [0.5, 0.6) is 0 Å². The van der Waals surface area contributed by atoms with E-state index < -0.39 is 0 Å². The summed E-state index contributed by atoms with van der Waals surface area (Å²) in [5, 5.41) is 8.81. The molecule has 0 spiro atoms. The number of hydrogen-bond donors (Lipinski definition) is 1. The van der Waals surface area contributed by atoms with Crippen LogP contribution in [0, 0.1) is 17.8 Å². The van der Waals surface area contributed by atoms with Gasteiger partial charge in [0, 0.05) is 25.7 Å². The molecular formula is C12H23NO. The van der Waals surface area contributed by atoms with Gasteiger partial charge in [-0.15, -0.1) is 0 Å². The van der Waals surface area contributed by atoms with Gasteiger partial charge in [0.05, 0.1) is 0 Å². The summed E-state index contributed by atoms with van der Waals surface area (Å²) in [6.45, 7) is 7.49. The Bertz CT molecular complexity index is 193. The summed E-state index contributed by atoms with van der Waals surface area (Å²) in [4.78, 5) is 2.60. The molecule has 0 aromatic heterocycles. The Labute approximate surface area is 87.3 Å². The molecule has 0 aromatic rings. The van der Waals surface area contributed by atoms with Gasteiger partial charge in [-0.3, -0.25) is 4.90 Å². The number of piperidine rings is 1. The molecule has 0 unspecified atom stereocenters. The topological polar surface area (TPSA) is 23.5 Å². The van der Waals surface area contributed by atoms with Crippen LogP contribution in [-0.4, -0.2) is 35.7 Å². The van der Waals surface area contributed by atoms with Crippen LogP contribution in [0.2, 0.25) is 0 Å². The van der Waals surface area contributed by atoms with Gasteiger partial charge in [0.15, 0.2) is 0 Å². The summed E-state index contributed by atoms with van der Waals surface area (Å²) in [6, 6.07) is 0.846. The molecule has 2 aliphatic rings. The van der Waals surface area contributed by atoms with Crippen molar-refractivity contribution in [3.05, 3.63) is 0 Å². The summed E-state index contributed by atoms with van der Waals surface area (Å²) in [5.41, 5.74) is 0. The van der Waals surface area contributed by atoms with Gasteiger partial charge >= 0.3 is 0 Å². The second-order valence-corrected chi connectivity index (χ2v) is 5.37. The lowest BCUT2D eigenvalue weighted by Crippen LogP contribution is -2.37. The number of fused-ring (bicyclic) bond motifs is 2. The lowest BCUT2D eigenvalue weighted by atomic mass is 9.85. The van der Waals surface area contributed by atoms with Gasteiger partial charge in [-0.25, -0.2) is 0 Å². The summed E-state index contributed by atoms with van der Waals surface area (Å²) in [7, 11) is 0. The second-order valence-electron chi connectivity index (χ2n) is 5.37. The van der Waals surface area contributed by atoms with Gasteiger partial charge in [0.25, 0.3) is 0 Å². The minimum absolute atomic E-state index is 0.349. The van der Waals surface area contributed by atoms with Crippen molar-refractivity contribution in [1.29, 1.82) is 0 Å². The number of rotatable bonds is 4. The van der Waals surface area contributed by atoms with E-state index in [1.165, 1.54) is 19.4 Å². The van der Waals surface area contributed by atoms with Crippen molar-refractivity contribution in [3.8, 4) is 0 Å². The maximum atomic E-state index is 8.81. The minimum atomic E-state index is 0.349. The summed E-state index contributed by atoms with van der Waals surface area (Å²) < 4.78 is 0. The first-order valence-electron chi connectivity index (χ1n) is 6.07. The molecule has 2 heteroatoms. The second kappa shape index (κ2) is 4.19. The van der Waals surface area contributed by atoms with E-state index in [0.29, 0.717) is 6.61 Å². The number of aliphatic hydroxyl groups excluding tert-OH is 1. The number of nitrogens with zero attached hydrogens (tertiary/aromatic N) is 1. The van der Waals surface area contributed by atoms with Gasteiger partial charge in [0.2, 0.25) is 0 Å². The molecule has 0 amide bonds. The van der Waals surface area contributed by atoms with Crippen molar-refractivity contribution in [3.63, 3.8) is 0 Å². The average Bonchev–Trinajstić information content (AvgIpc) is 2.72. The van der Waals surface area contributed by atoms with Crippen molar-refractivity contribution < 1.29 is 5.11 Å². The molecule has 2 rings (SSSR count). The number of hydrogen-bond acceptors (Lipinski definition) is 2. The minimum Gasteiger partial charge on any atom is -0.396 e. The predicted molar refractivity (Wildman–Crippen MR) is 58.1 cm³/mol. The Morgan fingerprint density at radius 2 is 2.14 bits per heavy atom. The Morgan fingerprint density at radius 3 is 2.64 bits per heavy atom. The normalized spacial score (nSPS) is 37.3. The molecule has 1 saturated carbocycles. The van der Waals surface area contributed by atoms with Crippen LogP contribution in [0.1, 0.15) is 33.1 Å². The van der Waals surface area contributed by atoms with E-state index in [9.17, 15) is 0 Å². The first kappa shape index (κ1) is 10.4. The standard InChI is InChI=1S/C12H23NO/c1-9(2)12-7-11-6-10(12)8-13(11)4-3-5-14/h9-12,14H,3-8H2,1-2H3/t10-,11-,12-/m0/s1. The zero-order valence-corrected chi connectivity index (χ0v) is 9.45. The lowest BCUT2D eigenvalue weighted by Gasteiger charge is -2.33. The fraction of sp³-hybridized carbons (Fsp3) is 1.00. The summed E-state index contributed by atoms with van der Waals surface area (Å²) in [6.07, 6.45) is 3.79. The van der Waals surface area contributed by atoms with Crippen molar-refractivity contribution in [1.82, 2.24) is 4.90 Å². The van der Waals surface area contributed by atoms with E-state index in [1.807, 2.05) is 0 Å². The van der Waals surface area contributed by atoms with Crippen LogP contribution in [0.25, 0.3) is 0 Å². The molecule has 2 nitrogen and oxygen atoms in total. The lowest BCUT2D eigenvalue weighted by molar-refractivity contribution is 0.138. The van der Waals surface area contributed by atoms with E-state index >= 15 is 0 Å². The van der Waals surface area contributed by atoms with Gasteiger partial charge < -0.3 is 5.11 Å². The van der Waals surface area contributed by atoms with E-state index in [0.717, 1.165) is 36.8 Å². The van der Waals surface area contributed by atoms with Crippen molar-refractivity contribution >= 4 is 0 Å². The van der Waals surface area contributed by atoms with Crippen LogP contribution < -0.4 is 0 Å². The zero-order valence-electron chi connectivity index (χ0n) is 9.45. The van der Waals surface area contributed by atoms with Crippen LogP contribution in [0.3, 0.4) is 0 Å². The Kier molecular flexibility index (Phi) is 3.13. The van der Waals surface area contributed by atoms with Gasteiger partial charge in [-0.1, -0.05) is 13.8 Å². The largest absolute Gasteiger partial charge is 0.396 e. The third-order valence-electron chi connectivity index (χ3n) is 4.17. The molecule has 0 radical (unpaired) electrons. The van der Waals surface area contributed by atoms with Gasteiger partial charge in [0.1, 0.15) is 0 Å². The maximum absolute atomic E-state index is 8.81. The monoisotopic (exact) mass is 197 g/mol.